The molecule has 0 radical (unpaired) electrons. The molecule has 0 bridgehead atoms. The molecule has 1 unspecified atom stereocenters. The van der Waals surface area contributed by atoms with Crippen molar-refractivity contribution in [3.05, 3.63) is 0 Å². The van der Waals surface area contributed by atoms with Crippen molar-refractivity contribution < 1.29 is 9.47 Å². The summed E-state index contributed by atoms with van der Waals surface area (Å²) in [6, 6.07) is 1.98. The van der Waals surface area contributed by atoms with Crippen molar-refractivity contribution in [3.63, 3.8) is 0 Å². The average molecular weight is 129 g/mol. The number of nitrogens with zero attached hydrogens (tertiary/aromatic N) is 1. The summed E-state index contributed by atoms with van der Waals surface area (Å²) in [6.45, 7) is 1.98. The highest BCUT2D eigenvalue weighted by Crippen LogP contribution is 2.05. The van der Waals surface area contributed by atoms with E-state index in [0.29, 0.717) is 6.61 Å². The number of ether oxygens (including phenoxy) is 2. The largest absolute Gasteiger partial charge is 0.381 e. The summed E-state index contributed by atoms with van der Waals surface area (Å²) in [7, 11) is 3.02. The number of rotatable bonds is 3. The van der Waals surface area contributed by atoms with Gasteiger partial charge in [0.2, 0.25) is 0 Å². The first kappa shape index (κ1) is 8.41. The maximum Gasteiger partial charge on any atom is 0.174 e. The highest BCUT2D eigenvalue weighted by molar-refractivity contribution is 4.97. The Morgan fingerprint density at radius 1 is 1.56 bits per heavy atom. The number of nitriles is 1. The Kier molecular flexibility index (Phi) is 3.21. The lowest BCUT2D eigenvalue weighted by atomic mass is 10.1. The SMILES string of the molecule is COCC(C)(C#N)OC. The molecule has 0 saturated heterocycles. The first-order chi connectivity index (χ1) is 4.18. The molecule has 0 aromatic carbocycles. The van der Waals surface area contributed by atoms with E-state index < -0.39 is 5.60 Å². The smallest absolute Gasteiger partial charge is 0.174 e. The van der Waals surface area contributed by atoms with Crippen LogP contribution in [0.25, 0.3) is 0 Å². The van der Waals surface area contributed by atoms with Crippen molar-refractivity contribution >= 4 is 0 Å². The topological polar surface area (TPSA) is 42.2 Å². The summed E-state index contributed by atoms with van der Waals surface area (Å²) < 4.78 is 9.58. The van der Waals surface area contributed by atoms with Gasteiger partial charge in [-0.2, -0.15) is 5.26 Å². The van der Waals surface area contributed by atoms with E-state index >= 15 is 0 Å². The molecule has 1 atom stereocenters. The molecular formula is C6H11NO2. The van der Waals surface area contributed by atoms with Crippen LogP contribution in [0, 0.1) is 11.3 Å². The van der Waals surface area contributed by atoms with Gasteiger partial charge in [0.15, 0.2) is 5.60 Å². The number of methoxy groups -OCH3 is 2. The van der Waals surface area contributed by atoms with E-state index in [2.05, 4.69) is 0 Å². The molecule has 0 aliphatic carbocycles. The molecule has 3 nitrogen and oxygen atoms in total. The minimum Gasteiger partial charge on any atom is -0.381 e. The quantitative estimate of drug-likeness (QED) is 0.559. The zero-order valence-electron chi connectivity index (χ0n) is 5.97. The molecule has 52 valence electrons. The second-order valence-corrected chi connectivity index (χ2v) is 1.98. The average Bonchev–Trinajstić information content (AvgIpc) is 1.89. The van der Waals surface area contributed by atoms with Crippen LogP contribution in [0.1, 0.15) is 6.92 Å². The minimum absolute atomic E-state index is 0.306. The van der Waals surface area contributed by atoms with Crippen molar-refractivity contribution in [2.45, 2.75) is 12.5 Å². The highest BCUT2D eigenvalue weighted by atomic mass is 16.5. The van der Waals surface area contributed by atoms with Gasteiger partial charge in [-0.3, -0.25) is 0 Å². The molecule has 0 aliphatic heterocycles. The molecule has 0 fully saturated rings. The maximum absolute atomic E-state index is 8.46. The van der Waals surface area contributed by atoms with Gasteiger partial charge in [-0.15, -0.1) is 0 Å². The Hall–Kier alpha value is -0.590. The normalized spacial score (nSPS) is 16.2. The van der Waals surface area contributed by atoms with Crippen molar-refractivity contribution in [2.75, 3.05) is 20.8 Å². The van der Waals surface area contributed by atoms with Gasteiger partial charge in [-0.25, -0.2) is 0 Å². The van der Waals surface area contributed by atoms with E-state index in [1.54, 1.807) is 6.92 Å². The molecule has 9 heavy (non-hydrogen) atoms. The summed E-state index contributed by atoms with van der Waals surface area (Å²) in [6.07, 6.45) is 0. The Bertz CT molecular complexity index is 119. The summed E-state index contributed by atoms with van der Waals surface area (Å²) in [5.74, 6) is 0. The molecule has 0 heterocycles. The second-order valence-electron chi connectivity index (χ2n) is 1.98. The molecule has 0 amide bonds. The van der Waals surface area contributed by atoms with Crippen LogP contribution in [0.5, 0.6) is 0 Å². The van der Waals surface area contributed by atoms with Gasteiger partial charge >= 0.3 is 0 Å². The number of hydrogen-bond donors (Lipinski definition) is 0. The molecule has 0 aliphatic rings. The fraction of sp³-hybridized carbons (Fsp3) is 0.833. The van der Waals surface area contributed by atoms with Gasteiger partial charge in [0.1, 0.15) is 0 Å². The van der Waals surface area contributed by atoms with Gasteiger partial charge < -0.3 is 9.47 Å². The van der Waals surface area contributed by atoms with Crippen molar-refractivity contribution in [3.8, 4) is 6.07 Å². The molecule has 0 aromatic rings. The van der Waals surface area contributed by atoms with Crippen LogP contribution in [0.2, 0.25) is 0 Å². The van der Waals surface area contributed by atoms with Crippen LogP contribution >= 0.6 is 0 Å². The fourth-order valence-electron chi connectivity index (χ4n) is 0.412. The number of hydrogen-bond acceptors (Lipinski definition) is 3. The van der Waals surface area contributed by atoms with E-state index in [9.17, 15) is 0 Å². The lowest BCUT2D eigenvalue weighted by Crippen LogP contribution is -2.30. The molecular weight excluding hydrogens is 118 g/mol. The zero-order chi connectivity index (χ0) is 7.33. The van der Waals surface area contributed by atoms with Crippen molar-refractivity contribution in [1.29, 1.82) is 5.26 Å². The maximum atomic E-state index is 8.46. The highest BCUT2D eigenvalue weighted by Gasteiger charge is 2.21. The van der Waals surface area contributed by atoms with E-state index in [4.69, 9.17) is 14.7 Å². The van der Waals surface area contributed by atoms with Crippen LogP contribution < -0.4 is 0 Å². The van der Waals surface area contributed by atoms with Crippen LogP contribution in [-0.2, 0) is 9.47 Å². The summed E-state index contributed by atoms with van der Waals surface area (Å²) >= 11 is 0. The van der Waals surface area contributed by atoms with E-state index in [0.717, 1.165) is 0 Å². The molecule has 3 heteroatoms. The summed E-state index contributed by atoms with van der Waals surface area (Å²) in [4.78, 5) is 0. The lowest BCUT2D eigenvalue weighted by molar-refractivity contribution is -0.0103. The van der Waals surface area contributed by atoms with Crippen LogP contribution in [0.4, 0.5) is 0 Å². The third-order valence-electron chi connectivity index (χ3n) is 1.11. The second kappa shape index (κ2) is 3.44. The van der Waals surface area contributed by atoms with Gasteiger partial charge in [-0.05, 0) is 6.92 Å². The van der Waals surface area contributed by atoms with E-state index in [1.807, 2.05) is 6.07 Å². The van der Waals surface area contributed by atoms with Gasteiger partial charge in [0.05, 0.1) is 12.7 Å². The molecule has 0 rings (SSSR count). The molecule has 0 aromatic heterocycles. The summed E-state index contributed by atoms with van der Waals surface area (Å²) in [5, 5.41) is 8.46. The Balaban J connectivity index is 3.81. The van der Waals surface area contributed by atoms with Gasteiger partial charge in [0.25, 0.3) is 0 Å². The fourth-order valence-corrected chi connectivity index (χ4v) is 0.412. The zero-order valence-corrected chi connectivity index (χ0v) is 5.97. The Morgan fingerprint density at radius 2 is 2.11 bits per heavy atom. The predicted molar refractivity (Wildman–Crippen MR) is 32.9 cm³/mol. The first-order valence-corrected chi connectivity index (χ1v) is 2.64. The van der Waals surface area contributed by atoms with Crippen molar-refractivity contribution in [2.24, 2.45) is 0 Å². The Morgan fingerprint density at radius 3 is 2.22 bits per heavy atom. The molecule has 0 spiro atoms. The first-order valence-electron chi connectivity index (χ1n) is 2.64. The minimum atomic E-state index is -0.783. The Labute approximate surface area is 55.2 Å². The van der Waals surface area contributed by atoms with Crippen LogP contribution in [0.3, 0.4) is 0 Å². The summed E-state index contributed by atoms with van der Waals surface area (Å²) in [5.41, 5.74) is -0.783. The predicted octanol–water partition coefficient (Wildman–Crippen LogP) is 0.561. The van der Waals surface area contributed by atoms with Crippen LogP contribution in [-0.4, -0.2) is 26.4 Å². The van der Waals surface area contributed by atoms with Gasteiger partial charge in [0, 0.05) is 14.2 Å². The van der Waals surface area contributed by atoms with E-state index in [1.165, 1.54) is 14.2 Å². The molecule has 0 saturated carbocycles. The molecule has 0 N–H and O–H groups in total. The standard InChI is InChI=1S/C6H11NO2/c1-6(4-7,9-3)5-8-2/h5H2,1-3H3. The third kappa shape index (κ3) is 2.45. The van der Waals surface area contributed by atoms with Crippen LogP contribution in [0.15, 0.2) is 0 Å². The monoisotopic (exact) mass is 129 g/mol. The third-order valence-corrected chi connectivity index (χ3v) is 1.11. The lowest BCUT2D eigenvalue weighted by Gasteiger charge is -2.17. The van der Waals surface area contributed by atoms with Gasteiger partial charge in [-0.1, -0.05) is 0 Å². The van der Waals surface area contributed by atoms with Crippen molar-refractivity contribution in [1.82, 2.24) is 0 Å². The van der Waals surface area contributed by atoms with E-state index in [-0.39, 0.29) is 0 Å².